The van der Waals surface area contributed by atoms with Gasteiger partial charge in [-0.2, -0.15) is 5.10 Å². The van der Waals surface area contributed by atoms with Crippen molar-refractivity contribution < 1.29 is 9.18 Å². The minimum absolute atomic E-state index is 0.00218. The first-order chi connectivity index (χ1) is 17.4. The van der Waals surface area contributed by atoms with Crippen molar-refractivity contribution in [2.45, 2.75) is 33.2 Å². The number of carbonyl (C=O) groups is 1. The van der Waals surface area contributed by atoms with Crippen molar-refractivity contribution in [3.8, 4) is 0 Å². The summed E-state index contributed by atoms with van der Waals surface area (Å²) in [4.78, 5) is 17.8. The lowest BCUT2D eigenvalue weighted by Gasteiger charge is -2.36. The molecular weight excluding hydrogens is 451 g/mol. The van der Waals surface area contributed by atoms with Gasteiger partial charge in [0.25, 0.3) is 5.91 Å². The molecule has 186 valence electrons. The van der Waals surface area contributed by atoms with Crippen LogP contribution in [-0.4, -0.2) is 54.3 Å². The number of halogens is 1. The monoisotopic (exact) mass is 484 g/mol. The van der Waals surface area contributed by atoms with Crippen molar-refractivity contribution in [1.29, 1.82) is 0 Å². The summed E-state index contributed by atoms with van der Waals surface area (Å²) in [5.74, 6) is -0.198. The Morgan fingerprint density at radius 3 is 2.36 bits per heavy atom. The topological polar surface area (TPSA) is 39.2 Å². The fourth-order valence-corrected chi connectivity index (χ4v) is 5.36. The lowest BCUT2D eigenvalue weighted by atomic mass is 9.93. The Labute approximate surface area is 212 Å². The maximum atomic E-state index is 14.2. The van der Waals surface area contributed by atoms with E-state index in [0.29, 0.717) is 44.8 Å². The molecule has 0 radical (unpaired) electrons. The number of hydrogen-bond acceptors (Lipinski definition) is 4. The molecule has 36 heavy (non-hydrogen) atoms. The number of hydrogen-bond donors (Lipinski definition) is 0. The van der Waals surface area contributed by atoms with Gasteiger partial charge >= 0.3 is 0 Å². The van der Waals surface area contributed by atoms with Crippen molar-refractivity contribution in [2.75, 3.05) is 37.6 Å². The van der Waals surface area contributed by atoms with Crippen molar-refractivity contribution in [2.24, 2.45) is 5.10 Å². The molecule has 0 aliphatic carbocycles. The molecule has 2 aliphatic rings. The molecule has 0 bridgehead atoms. The van der Waals surface area contributed by atoms with Gasteiger partial charge in [-0.3, -0.25) is 9.69 Å². The standard InChI is InChI=1S/C30H33FN4O/c1-21-12-13-24(23(3)18-21)27-19-29(25-9-5-4-8-22(25)2)35(32-27)30(36)20-33-14-16-34(17-15-33)28-11-7-6-10-26(28)31/h4-13,18,29H,14-17,19-20H2,1-3H3. The Bertz CT molecular complexity index is 1300. The second kappa shape index (κ2) is 10.2. The zero-order chi connectivity index (χ0) is 25.2. The summed E-state index contributed by atoms with van der Waals surface area (Å²) in [7, 11) is 0. The summed E-state index contributed by atoms with van der Waals surface area (Å²) in [5, 5.41) is 6.61. The van der Waals surface area contributed by atoms with Gasteiger partial charge in [0.2, 0.25) is 0 Å². The maximum Gasteiger partial charge on any atom is 0.257 e. The largest absolute Gasteiger partial charge is 0.367 e. The molecule has 0 N–H and O–H groups in total. The first kappa shape index (κ1) is 24.2. The number of piperazine rings is 1. The van der Waals surface area contributed by atoms with Crippen molar-refractivity contribution in [1.82, 2.24) is 9.91 Å². The Morgan fingerprint density at radius 2 is 1.64 bits per heavy atom. The molecule has 0 spiro atoms. The summed E-state index contributed by atoms with van der Waals surface area (Å²) >= 11 is 0. The number of carbonyl (C=O) groups excluding carboxylic acids is 1. The van der Waals surface area contributed by atoms with E-state index >= 15 is 0 Å². The number of benzene rings is 3. The average Bonchev–Trinajstić information content (AvgIpc) is 3.30. The van der Waals surface area contributed by atoms with Crippen LogP contribution in [0.15, 0.2) is 71.8 Å². The third kappa shape index (κ3) is 4.91. The van der Waals surface area contributed by atoms with Crippen LogP contribution in [0.25, 0.3) is 0 Å². The maximum absolute atomic E-state index is 14.2. The third-order valence-corrected chi connectivity index (χ3v) is 7.33. The Morgan fingerprint density at radius 1 is 0.917 bits per heavy atom. The summed E-state index contributed by atoms with van der Waals surface area (Å²) in [5.41, 5.74) is 7.38. The molecule has 0 aromatic heterocycles. The molecule has 3 aromatic rings. The zero-order valence-corrected chi connectivity index (χ0v) is 21.2. The van der Waals surface area contributed by atoms with Crippen LogP contribution in [0.3, 0.4) is 0 Å². The Balaban J connectivity index is 1.34. The van der Waals surface area contributed by atoms with Crippen molar-refractivity contribution in [3.63, 3.8) is 0 Å². The van der Waals surface area contributed by atoms with Gasteiger partial charge in [-0.25, -0.2) is 9.40 Å². The highest BCUT2D eigenvalue weighted by atomic mass is 19.1. The highest BCUT2D eigenvalue weighted by Gasteiger charge is 2.35. The minimum Gasteiger partial charge on any atom is -0.367 e. The number of amides is 1. The van der Waals surface area contributed by atoms with E-state index in [-0.39, 0.29) is 17.8 Å². The van der Waals surface area contributed by atoms with E-state index < -0.39 is 0 Å². The van der Waals surface area contributed by atoms with E-state index in [9.17, 15) is 9.18 Å². The van der Waals surface area contributed by atoms with Crippen LogP contribution in [0.4, 0.5) is 10.1 Å². The fraction of sp³-hybridized carbons (Fsp3) is 0.333. The van der Waals surface area contributed by atoms with E-state index in [2.05, 4.69) is 60.9 Å². The van der Waals surface area contributed by atoms with Crippen LogP contribution in [0.1, 0.15) is 40.3 Å². The molecule has 2 aliphatic heterocycles. The molecule has 6 heteroatoms. The Hall–Kier alpha value is -3.51. The molecule has 5 nitrogen and oxygen atoms in total. The molecule has 1 saturated heterocycles. The normalized spacial score (nSPS) is 18.4. The van der Waals surface area contributed by atoms with Gasteiger partial charge in [-0.1, -0.05) is 60.2 Å². The molecule has 5 rings (SSSR count). The average molecular weight is 485 g/mol. The van der Waals surface area contributed by atoms with Gasteiger partial charge in [0.05, 0.1) is 24.0 Å². The van der Waals surface area contributed by atoms with Crippen LogP contribution in [-0.2, 0) is 4.79 Å². The van der Waals surface area contributed by atoms with Crippen molar-refractivity contribution >= 4 is 17.3 Å². The highest BCUT2D eigenvalue weighted by molar-refractivity contribution is 6.04. The SMILES string of the molecule is Cc1ccc(C2=NN(C(=O)CN3CCN(c4ccccc4F)CC3)C(c3ccccc3C)C2)c(C)c1. The molecule has 1 amide bonds. The van der Waals surface area contributed by atoms with E-state index in [1.165, 1.54) is 17.2 Å². The van der Waals surface area contributed by atoms with Crippen LogP contribution in [0.5, 0.6) is 0 Å². The molecule has 1 unspecified atom stereocenters. The van der Waals surface area contributed by atoms with Crippen LogP contribution in [0, 0.1) is 26.6 Å². The summed E-state index contributed by atoms with van der Waals surface area (Å²) in [6, 6.07) is 21.4. The molecular formula is C30H33FN4O. The van der Waals surface area contributed by atoms with Gasteiger partial charge in [0, 0.05) is 38.2 Å². The second-order valence-corrected chi connectivity index (χ2v) is 9.89. The first-order valence-electron chi connectivity index (χ1n) is 12.7. The fourth-order valence-electron chi connectivity index (χ4n) is 5.36. The van der Waals surface area contributed by atoms with Gasteiger partial charge in [-0.05, 0) is 49.6 Å². The van der Waals surface area contributed by atoms with Crippen LogP contribution in [0.2, 0.25) is 0 Å². The number of nitrogens with zero attached hydrogens (tertiary/aromatic N) is 4. The zero-order valence-electron chi connectivity index (χ0n) is 21.2. The molecule has 0 saturated carbocycles. The Kier molecular flexibility index (Phi) is 6.88. The van der Waals surface area contributed by atoms with E-state index in [1.807, 2.05) is 24.3 Å². The van der Waals surface area contributed by atoms with Crippen LogP contribution >= 0.6 is 0 Å². The van der Waals surface area contributed by atoms with Gasteiger partial charge in [-0.15, -0.1) is 0 Å². The van der Waals surface area contributed by atoms with E-state index in [0.717, 1.165) is 22.4 Å². The quantitative estimate of drug-likeness (QED) is 0.497. The number of hydrazone groups is 1. The van der Waals surface area contributed by atoms with E-state index in [4.69, 9.17) is 5.10 Å². The number of rotatable bonds is 5. The number of anilines is 1. The highest BCUT2D eigenvalue weighted by Crippen LogP contribution is 2.35. The molecule has 2 heterocycles. The number of para-hydroxylation sites is 1. The van der Waals surface area contributed by atoms with E-state index in [1.54, 1.807) is 11.1 Å². The predicted octanol–water partition coefficient (Wildman–Crippen LogP) is 5.25. The van der Waals surface area contributed by atoms with Gasteiger partial charge in [0.15, 0.2) is 0 Å². The van der Waals surface area contributed by atoms with Crippen molar-refractivity contribution in [3.05, 3.63) is 100 Å². The van der Waals surface area contributed by atoms with Crippen LogP contribution < -0.4 is 4.90 Å². The molecule has 1 fully saturated rings. The molecule has 1 atom stereocenters. The lowest BCUT2D eigenvalue weighted by molar-refractivity contribution is -0.134. The number of aryl methyl sites for hydroxylation is 3. The van der Waals surface area contributed by atoms with Gasteiger partial charge in [0.1, 0.15) is 5.82 Å². The third-order valence-electron chi connectivity index (χ3n) is 7.33. The van der Waals surface area contributed by atoms with Gasteiger partial charge < -0.3 is 4.90 Å². The smallest absolute Gasteiger partial charge is 0.257 e. The minimum atomic E-state index is -0.201. The lowest BCUT2D eigenvalue weighted by Crippen LogP contribution is -2.49. The molecule has 3 aromatic carbocycles. The summed E-state index contributed by atoms with van der Waals surface area (Å²) < 4.78 is 14.2. The predicted molar refractivity (Wildman–Crippen MR) is 143 cm³/mol. The summed E-state index contributed by atoms with van der Waals surface area (Å²) in [6.07, 6.45) is 0.696. The first-order valence-corrected chi connectivity index (χ1v) is 12.7. The second-order valence-electron chi connectivity index (χ2n) is 9.89. The summed E-state index contributed by atoms with van der Waals surface area (Å²) in [6.45, 7) is 9.37.